The van der Waals surface area contributed by atoms with Crippen molar-refractivity contribution in [3.05, 3.63) is 23.3 Å². The van der Waals surface area contributed by atoms with Gasteiger partial charge in [-0.25, -0.2) is 0 Å². The van der Waals surface area contributed by atoms with Crippen LogP contribution in [0.5, 0.6) is 0 Å². The fourth-order valence-corrected chi connectivity index (χ4v) is 0.779. The van der Waals surface area contributed by atoms with E-state index in [0.717, 1.165) is 12.8 Å². The molecule has 4 nitrogen and oxygen atoms in total. The van der Waals surface area contributed by atoms with Crippen molar-refractivity contribution < 1.29 is 36.6 Å². The predicted molar refractivity (Wildman–Crippen MR) is 58.1 cm³/mol. The van der Waals surface area contributed by atoms with Crippen molar-refractivity contribution in [1.29, 1.82) is 0 Å². The molecule has 0 bridgehead atoms. The van der Waals surface area contributed by atoms with E-state index in [-0.39, 0.29) is 16.8 Å². The molecule has 0 heterocycles. The summed E-state index contributed by atoms with van der Waals surface area (Å²) in [5.74, 6) is -2.15. The first-order valence-electron chi connectivity index (χ1n) is 5.12. The van der Waals surface area contributed by atoms with Crippen LogP contribution in [0.15, 0.2) is 23.3 Å². The summed E-state index contributed by atoms with van der Waals surface area (Å²) in [6.45, 7) is 6.82. The first-order valence-corrected chi connectivity index (χ1v) is 5.12. The van der Waals surface area contributed by atoms with Crippen LogP contribution in [0.1, 0.15) is 40.5 Å². The maximum absolute atomic E-state index is 9.91. The molecule has 0 aliphatic rings. The monoisotopic (exact) mass is 285 g/mol. The third kappa shape index (κ3) is 14.9. The second kappa shape index (κ2) is 13.0. The summed E-state index contributed by atoms with van der Waals surface area (Å²) in [5.41, 5.74) is 0.625. The molecule has 0 aromatic carbocycles. The Morgan fingerprint density at radius 1 is 0.882 bits per heavy atom. The van der Waals surface area contributed by atoms with Gasteiger partial charge in [0, 0.05) is 0 Å². The fraction of sp³-hybridized carbons (Fsp3) is 0.500. The van der Waals surface area contributed by atoms with E-state index < -0.39 is 11.9 Å². The number of hydrogen-bond acceptors (Lipinski definition) is 4. The van der Waals surface area contributed by atoms with Crippen LogP contribution in [0.4, 0.5) is 0 Å². The van der Waals surface area contributed by atoms with Crippen LogP contribution in [0.2, 0.25) is 0 Å². The van der Waals surface area contributed by atoms with Crippen LogP contribution in [0.25, 0.3) is 0 Å². The molecule has 0 spiro atoms. The van der Waals surface area contributed by atoms with E-state index in [1.165, 1.54) is 13.8 Å². The van der Waals surface area contributed by atoms with E-state index in [9.17, 15) is 19.8 Å². The number of allylic oxidation sites excluding steroid dienone is 2. The number of carboxylic acids is 2. The number of carbonyl (C=O) groups is 2. The summed E-state index contributed by atoms with van der Waals surface area (Å²) >= 11 is 0. The molecule has 0 N–H and O–H groups in total. The molecule has 0 saturated heterocycles. The number of aliphatic carboxylic acids is 2. The fourth-order valence-electron chi connectivity index (χ4n) is 0.779. The molecule has 0 fully saturated rings. The Morgan fingerprint density at radius 2 is 1.12 bits per heavy atom. The Morgan fingerprint density at radius 3 is 1.18 bits per heavy atom. The van der Waals surface area contributed by atoms with Crippen LogP contribution >= 0.6 is 0 Å². The zero-order chi connectivity index (χ0) is 13.1. The molecule has 0 atom stereocenters. The van der Waals surface area contributed by atoms with Crippen molar-refractivity contribution in [2.45, 2.75) is 40.5 Å². The predicted octanol–water partition coefficient (Wildman–Crippen LogP) is 0.183. The van der Waals surface area contributed by atoms with Crippen molar-refractivity contribution in [3.8, 4) is 0 Å². The van der Waals surface area contributed by atoms with E-state index in [4.69, 9.17) is 0 Å². The van der Waals surface area contributed by atoms with E-state index in [0.29, 0.717) is 11.1 Å². The Hall–Kier alpha value is -1.07. The minimum absolute atomic E-state index is 0. The van der Waals surface area contributed by atoms with E-state index >= 15 is 0 Å². The van der Waals surface area contributed by atoms with Crippen LogP contribution in [0.3, 0.4) is 0 Å². The van der Waals surface area contributed by atoms with Crippen molar-refractivity contribution >= 4 is 11.9 Å². The third-order valence-electron chi connectivity index (χ3n) is 1.66. The van der Waals surface area contributed by atoms with Gasteiger partial charge in [-0.3, -0.25) is 0 Å². The largest absolute Gasteiger partial charge is 2.00 e. The summed E-state index contributed by atoms with van der Waals surface area (Å²) < 4.78 is 0. The van der Waals surface area contributed by atoms with E-state index in [2.05, 4.69) is 0 Å². The van der Waals surface area contributed by atoms with Crippen molar-refractivity contribution in [1.82, 2.24) is 0 Å². The Balaban J connectivity index is -0.000000218. The maximum atomic E-state index is 9.91. The first kappa shape index (κ1) is 21.2. The zero-order valence-electron chi connectivity index (χ0n) is 10.5. The topological polar surface area (TPSA) is 80.3 Å². The molecule has 0 rings (SSSR count). The van der Waals surface area contributed by atoms with Crippen LogP contribution in [-0.4, -0.2) is 11.9 Å². The van der Waals surface area contributed by atoms with Gasteiger partial charge in [0.2, 0.25) is 0 Å². The molecular weight excluding hydrogens is 267 g/mol. The van der Waals surface area contributed by atoms with Crippen LogP contribution < -0.4 is 10.2 Å². The van der Waals surface area contributed by atoms with Gasteiger partial charge in [-0.05, 0) is 37.8 Å². The molecule has 0 aliphatic carbocycles. The summed E-state index contributed by atoms with van der Waals surface area (Å²) in [5, 5.41) is 19.8. The van der Waals surface area contributed by atoms with Gasteiger partial charge < -0.3 is 19.8 Å². The summed E-state index contributed by atoms with van der Waals surface area (Å²) in [7, 11) is 0. The Kier molecular flexibility index (Phi) is 16.2. The average Bonchev–Trinajstić information content (AvgIpc) is 2.19. The molecule has 17 heavy (non-hydrogen) atoms. The van der Waals surface area contributed by atoms with Gasteiger partial charge >= 0.3 is 16.8 Å². The zero-order valence-corrected chi connectivity index (χ0v) is 11.6. The second-order valence-electron chi connectivity index (χ2n) is 3.17. The van der Waals surface area contributed by atoms with Crippen molar-refractivity contribution in [2.24, 2.45) is 0 Å². The first-order chi connectivity index (χ1) is 7.36. The average molecular weight is 285 g/mol. The number of rotatable bonds is 4. The second-order valence-corrected chi connectivity index (χ2v) is 3.17. The third-order valence-corrected chi connectivity index (χ3v) is 1.66. The molecule has 0 unspecified atom stereocenters. The quantitative estimate of drug-likeness (QED) is 0.690. The molecular formula is C12H18CoO4. The van der Waals surface area contributed by atoms with Gasteiger partial charge in [0.25, 0.3) is 0 Å². The van der Waals surface area contributed by atoms with Crippen molar-refractivity contribution in [2.75, 3.05) is 0 Å². The maximum Gasteiger partial charge on any atom is 2.00 e. The van der Waals surface area contributed by atoms with E-state index in [1.54, 1.807) is 12.2 Å². The molecule has 1 radical (unpaired) electrons. The Labute approximate surface area is 113 Å². The van der Waals surface area contributed by atoms with Gasteiger partial charge in [0.05, 0.1) is 11.9 Å². The van der Waals surface area contributed by atoms with Gasteiger partial charge in [-0.1, -0.05) is 26.0 Å². The van der Waals surface area contributed by atoms with E-state index in [1.807, 2.05) is 13.8 Å². The minimum atomic E-state index is -1.08. The van der Waals surface area contributed by atoms with Gasteiger partial charge in [-0.15, -0.1) is 0 Å². The number of carboxylic acid groups (broad SMARTS) is 2. The summed E-state index contributed by atoms with van der Waals surface area (Å²) in [6.07, 6.45) is 4.74. The van der Waals surface area contributed by atoms with Crippen LogP contribution in [0, 0.1) is 0 Å². The molecule has 0 aliphatic heterocycles. The minimum Gasteiger partial charge on any atom is -0.545 e. The SMILES string of the molecule is CCC=C(C)C(=O)[O-].CCC=C(C)C(=O)[O-].[Co+2]. The molecule has 0 amide bonds. The van der Waals surface area contributed by atoms with Crippen molar-refractivity contribution in [3.63, 3.8) is 0 Å². The molecule has 0 aromatic rings. The van der Waals surface area contributed by atoms with Crippen LogP contribution in [-0.2, 0) is 26.4 Å². The summed E-state index contributed by atoms with van der Waals surface area (Å²) in [6, 6.07) is 0. The molecule has 0 aromatic heterocycles. The van der Waals surface area contributed by atoms with Gasteiger partial charge in [0.15, 0.2) is 0 Å². The number of hydrogen-bond donors (Lipinski definition) is 0. The van der Waals surface area contributed by atoms with Gasteiger partial charge in [-0.2, -0.15) is 0 Å². The summed E-state index contributed by atoms with van der Waals surface area (Å²) in [4.78, 5) is 19.8. The standard InChI is InChI=1S/2C6H10O2.Co/c2*1-3-4-5(2)6(7)8;/h2*4H,3H2,1-2H3,(H,7,8);/q;;+2/p-2. The molecule has 0 saturated carbocycles. The molecule has 5 heteroatoms. The molecule has 99 valence electrons. The van der Waals surface area contributed by atoms with Gasteiger partial charge in [0.1, 0.15) is 0 Å². The number of carbonyl (C=O) groups excluding carboxylic acids is 2. The normalized spacial score (nSPS) is 10.8. The smallest absolute Gasteiger partial charge is 0.545 e. The Bertz CT molecular complexity index is 263.